The molecule has 3 fully saturated rings. The Labute approximate surface area is 168 Å². The van der Waals surface area contributed by atoms with Crippen LogP contribution in [-0.4, -0.2) is 87.7 Å². The molecule has 0 aromatic rings. The summed E-state index contributed by atoms with van der Waals surface area (Å²) in [5.74, 6) is -0.254. The highest BCUT2D eigenvalue weighted by Gasteiger charge is 2.52. The number of sulfonamides is 1. The van der Waals surface area contributed by atoms with Gasteiger partial charge in [-0.2, -0.15) is 0 Å². The number of rotatable bonds is 8. The van der Waals surface area contributed by atoms with Crippen molar-refractivity contribution >= 4 is 25.8 Å². The third kappa shape index (κ3) is 5.05. The van der Waals surface area contributed by atoms with Gasteiger partial charge in [0, 0.05) is 38.0 Å². The highest BCUT2D eigenvalue weighted by atomic mass is 32.3. The molecule has 0 spiro atoms. The number of nitrogens with zero attached hydrogens (tertiary/aromatic N) is 2. The molecule has 0 saturated carbocycles. The summed E-state index contributed by atoms with van der Waals surface area (Å²) in [6.45, 7) is 2.86. The molecule has 3 heterocycles. The van der Waals surface area contributed by atoms with Gasteiger partial charge in [0.05, 0.1) is 0 Å². The van der Waals surface area contributed by atoms with Gasteiger partial charge in [0.15, 0.2) is 14.9 Å². The fourth-order valence-corrected chi connectivity index (χ4v) is 8.20. The van der Waals surface area contributed by atoms with E-state index in [1.165, 1.54) is 0 Å². The fourth-order valence-electron chi connectivity index (χ4n) is 4.97. The van der Waals surface area contributed by atoms with Crippen LogP contribution in [0.2, 0.25) is 0 Å². The molecule has 3 saturated heterocycles. The number of carbonyl (C=O) groups is 1. The molecule has 1 radical (unpaired) electrons. The maximum atomic E-state index is 12.1. The number of piperidine rings is 2. The van der Waals surface area contributed by atoms with Crippen molar-refractivity contribution in [2.24, 2.45) is 5.73 Å². The van der Waals surface area contributed by atoms with E-state index in [4.69, 9.17) is 5.73 Å². The number of hydrogen-bond acceptors (Lipinski definition) is 7. The fraction of sp³-hybridized carbons (Fsp3) is 0.882. The monoisotopic (exact) mass is 435 g/mol. The first kappa shape index (κ1) is 21.9. The zero-order valence-corrected chi connectivity index (χ0v) is 18.0. The van der Waals surface area contributed by atoms with Crippen LogP contribution >= 0.6 is 0 Å². The van der Waals surface area contributed by atoms with Gasteiger partial charge in [0.25, 0.3) is 0 Å². The van der Waals surface area contributed by atoms with Crippen LogP contribution in [0, 0.1) is 6.42 Å². The van der Waals surface area contributed by atoms with Gasteiger partial charge in [-0.25, -0.2) is 21.6 Å². The Morgan fingerprint density at radius 1 is 1.25 bits per heavy atom. The smallest absolute Gasteiger partial charge is 0.237 e. The summed E-state index contributed by atoms with van der Waals surface area (Å²) >= 11 is 0. The predicted molar refractivity (Wildman–Crippen MR) is 106 cm³/mol. The molecule has 0 aliphatic carbocycles. The Morgan fingerprint density at radius 3 is 2.68 bits per heavy atom. The highest BCUT2D eigenvalue weighted by molar-refractivity contribution is 8.06. The summed E-state index contributed by atoms with van der Waals surface area (Å²) in [4.78, 5) is 16.6. The molecule has 0 unspecified atom stereocenters. The number of amides is 1. The van der Waals surface area contributed by atoms with Crippen LogP contribution in [0.5, 0.6) is 0 Å². The summed E-state index contributed by atoms with van der Waals surface area (Å²) < 4.78 is 49.3. The number of carbonyl (C=O) groups excluding carboxylic acids is 1. The molecule has 9 nitrogen and oxygen atoms in total. The van der Waals surface area contributed by atoms with Crippen molar-refractivity contribution in [1.82, 2.24) is 14.5 Å². The normalized spacial score (nSPS) is 32.5. The number of nitrogens with one attached hydrogen (secondary N) is 1. The van der Waals surface area contributed by atoms with Crippen molar-refractivity contribution in [3.05, 3.63) is 6.42 Å². The van der Waals surface area contributed by atoms with E-state index in [1.54, 1.807) is 0 Å². The molecule has 11 heteroatoms. The number of likely N-dealkylation sites (tertiary alicyclic amines) is 1. The largest absolute Gasteiger partial charge is 0.368 e. The van der Waals surface area contributed by atoms with Crippen molar-refractivity contribution < 1.29 is 21.6 Å². The van der Waals surface area contributed by atoms with Gasteiger partial charge in [-0.15, -0.1) is 0 Å². The third-order valence-corrected chi connectivity index (χ3v) is 9.79. The molecule has 1 amide bonds. The van der Waals surface area contributed by atoms with E-state index >= 15 is 0 Å². The summed E-state index contributed by atoms with van der Waals surface area (Å²) in [5, 5.41) is -0.885. The first-order valence-electron chi connectivity index (χ1n) is 9.79. The number of hydrogen-bond donors (Lipinski definition) is 2. The third-order valence-electron chi connectivity index (χ3n) is 6.14. The maximum absolute atomic E-state index is 12.1. The summed E-state index contributed by atoms with van der Waals surface area (Å²) in [6.07, 6.45) is 8.07. The molecule has 0 aromatic heterocycles. The first-order chi connectivity index (χ1) is 13.0. The van der Waals surface area contributed by atoms with Crippen LogP contribution in [-0.2, 0) is 24.7 Å². The van der Waals surface area contributed by atoms with Gasteiger partial charge in [-0.1, -0.05) is 0 Å². The minimum absolute atomic E-state index is 0.254. The molecule has 3 atom stereocenters. The molecule has 28 heavy (non-hydrogen) atoms. The second-order valence-corrected chi connectivity index (χ2v) is 12.7. The molecule has 161 valence electrons. The van der Waals surface area contributed by atoms with E-state index in [9.17, 15) is 21.6 Å². The second-order valence-electron chi connectivity index (χ2n) is 8.43. The van der Waals surface area contributed by atoms with Crippen LogP contribution in [0.15, 0.2) is 0 Å². The van der Waals surface area contributed by atoms with Crippen molar-refractivity contribution in [2.45, 2.75) is 56.1 Å². The Hall–Kier alpha value is -0.750. The van der Waals surface area contributed by atoms with E-state index in [0.29, 0.717) is 25.4 Å². The quantitative estimate of drug-likeness (QED) is 0.503. The first-order valence-corrected chi connectivity index (χ1v) is 13.5. The number of sulfone groups is 1. The number of nitrogens with two attached hydrogens (primary N) is 1. The van der Waals surface area contributed by atoms with E-state index < -0.39 is 30.5 Å². The van der Waals surface area contributed by atoms with Gasteiger partial charge in [-0.3, -0.25) is 9.69 Å². The molecular formula is C17H31N4O5S2. The van der Waals surface area contributed by atoms with Gasteiger partial charge >= 0.3 is 0 Å². The molecule has 3 rings (SSSR count). The maximum Gasteiger partial charge on any atom is 0.237 e. The molecular weight excluding hydrogens is 404 g/mol. The lowest BCUT2D eigenvalue weighted by molar-refractivity contribution is -0.130. The minimum atomic E-state index is -3.87. The standard InChI is InChI=1S/C17H31N4O5S2/c1-27(23,24)13-28(25,26)19-14-4-3-9-20(12-14)10-11-21-15-5-2-7-17(21,8-6-15)16(18)22/h2,14-15,19H,3-13H2,1H3,(H2,18,22)/t14-,15-,17+/m1/s1. The Balaban J connectivity index is 1.56. The minimum Gasteiger partial charge on any atom is -0.368 e. The predicted octanol–water partition coefficient (Wildman–Crippen LogP) is -0.941. The average molecular weight is 436 g/mol. The van der Waals surface area contributed by atoms with Gasteiger partial charge in [0.1, 0.15) is 5.54 Å². The molecule has 3 N–H and O–H groups in total. The summed E-state index contributed by atoms with van der Waals surface area (Å²) in [6, 6.07) is 0.0621. The van der Waals surface area contributed by atoms with Crippen LogP contribution < -0.4 is 10.5 Å². The summed E-state index contributed by atoms with van der Waals surface area (Å²) in [7, 11) is -7.48. The zero-order chi connectivity index (χ0) is 20.6. The second kappa shape index (κ2) is 8.17. The van der Waals surface area contributed by atoms with E-state index in [2.05, 4.69) is 20.9 Å². The van der Waals surface area contributed by atoms with Crippen molar-refractivity contribution in [2.75, 3.05) is 37.5 Å². The van der Waals surface area contributed by atoms with Crippen LogP contribution in [0.4, 0.5) is 0 Å². The van der Waals surface area contributed by atoms with Crippen LogP contribution in [0.25, 0.3) is 0 Å². The number of fused-ring (bicyclic) bond motifs is 2. The Morgan fingerprint density at radius 2 is 2.00 bits per heavy atom. The molecule has 2 bridgehead atoms. The zero-order valence-electron chi connectivity index (χ0n) is 16.3. The van der Waals surface area contributed by atoms with Crippen LogP contribution in [0.1, 0.15) is 38.5 Å². The molecule has 0 aromatic carbocycles. The molecule has 3 aliphatic heterocycles. The Kier molecular flexibility index (Phi) is 6.41. The Bertz CT molecular complexity index is 796. The van der Waals surface area contributed by atoms with Gasteiger partial charge in [0.2, 0.25) is 15.9 Å². The van der Waals surface area contributed by atoms with E-state index in [1.807, 2.05) is 0 Å². The molecule has 3 aliphatic rings. The van der Waals surface area contributed by atoms with Gasteiger partial charge < -0.3 is 10.6 Å². The van der Waals surface area contributed by atoms with Crippen molar-refractivity contribution in [3.63, 3.8) is 0 Å². The van der Waals surface area contributed by atoms with Crippen LogP contribution in [0.3, 0.4) is 0 Å². The van der Waals surface area contributed by atoms with Gasteiger partial charge in [-0.05, 0) is 51.5 Å². The number of primary amides is 1. The van der Waals surface area contributed by atoms with E-state index in [-0.39, 0.29) is 11.9 Å². The highest BCUT2D eigenvalue weighted by Crippen LogP contribution is 2.43. The van der Waals surface area contributed by atoms with Crippen molar-refractivity contribution in [3.8, 4) is 0 Å². The van der Waals surface area contributed by atoms with Crippen molar-refractivity contribution in [1.29, 1.82) is 0 Å². The lowest BCUT2D eigenvalue weighted by Crippen LogP contribution is -2.60. The summed E-state index contributed by atoms with van der Waals surface area (Å²) in [5.41, 5.74) is 5.18. The lowest BCUT2D eigenvalue weighted by Gasteiger charge is -2.44. The SMILES string of the molecule is CS(=O)(=O)CS(=O)(=O)N[C@@H]1CCCN(CCN2[C@@H]3C[CH]C[C@@]2(C(N)=O)CC3)C1. The van der Waals surface area contributed by atoms with E-state index in [0.717, 1.165) is 51.6 Å². The average Bonchev–Trinajstić information content (AvgIpc) is 2.75. The lowest BCUT2D eigenvalue weighted by atomic mass is 9.87. The topological polar surface area (TPSA) is 130 Å².